The summed E-state index contributed by atoms with van der Waals surface area (Å²) in [6, 6.07) is 5.00. The van der Waals surface area contributed by atoms with E-state index in [1.54, 1.807) is 6.92 Å². The Labute approximate surface area is 164 Å². The van der Waals surface area contributed by atoms with E-state index in [2.05, 4.69) is 20.3 Å². The van der Waals surface area contributed by atoms with E-state index in [1.165, 1.54) is 30.5 Å². The summed E-state index contributed by atoms with van der Waals surface area (Å²) in [5.74, 6) is -2.06. The van der Waals surface area contributed by atoms with Crippen LogP contribution in [0, 0.1) is 23.3 Å². The molecule has 1 aromatic carbocycles. The third kappa shape index (κ3) is 4.56. The summed E-state index contributed by atoms with van der Waals surface area (Å²) in [6.45, 7) is 1.56. The van der Waals surface area contributed by atoms with E-state index in [9.17, 15) is 21.8 Å². The van der Waals surface area contributed by atoms with Crippen LogP contribution in [-0.2, 0) is 9.73 Å². The highest BCUT2D eigenvalue weighted by molar-refractivity contribution is 7.91. The molecule has 0 saturated heterocycles. The van der Waals surface area contributed by atoms with Crippen molar-refractivity contribution in [1.82, 2.24) is 15.0 Å². The number of aromatic nitrogens is 3. The first-order valence-electron chi connectivity index (χ1n) is 8.32. The van der Waals surface area contributed by atoms with Gasteiger partial charge in [0.05, 0.1) is 15.9 Å². The molecular weight excluding hydrogens is 410 g/mol. The fraction of sp³-hybridized carbons (Fsp3) is 0.222. The van der Waals surface area contributed by atoms with E-state index in [1.807, 2.05) is 0 Å². The maximum Gasteiger partial charge on any atom is 0.263 e. The van der Waals surface area contributed by atoms with Crippen molar-refractivity contribution in [3.63, 3.8) is 0 Å². The lowest BCUT2D eigenvalue weighted by Gasteiger charge is -2.19. The molecule has 2 unspecified atom stereocenters. The summed E-state index contributed by atoms with van der Waals surface area (Å²) in [4.78, 5) is 10.7. The standard InChI is InChI=1S/C18H17F4N5OS/c1-9-18(29(2,23)28)27-17(25-9)14(10-4-3-5-11(6-10)15(21)22)26-16-13(20)7-12(19)8-24-16/h3-8,14-15,23H,1-2H3,(H,24,26)(H,25,27). The van der Waals surface area contributed by atoms with E-state index in [0.717, 1.165) is 6.20 Å². The lowest BCUT2D eigenvalue weighted by atomic mass is 10.0. The second-order valence-corrected chi connectivity index (χ2v) is 8.50. The molecule has 3 aromatic rings. The van der Waals surface area contributed by atoms with Crippen LogP contribution in [0.3, 0.4) is 0 Å². The molecule has 6 nitrogen and oxygen atoms in total. The average molecular weight is 427 g/mol. The average Bonchev–Trinajstić information content (AvgIpc) is 3.03. The molecule has 29 heavy (non-hydrogen) atoms. The van der Waals surface area contributed by atoms with Crippen molar-refractivity contribution in [2.24, 2.45) is 0 Å². The van der Waals surface area contributed by atoms with E-state index >= 15 is 0 Å². The molecule has 0 amide bonds. The van der Waals surface area contributed by atoms with Gasteiger partial charge in [0.2, 0.25) is 0 Å². The van der Waals surface area contributed by atoms with Gasteiger partial charge in [-0.1, -0.05) is 18.2 Å². The number of anilines is 1. The highest BCUT2D eigenvalue weighted by Crippen LogP contribution is 2.30. The van der Waals surface area contributed by atoms with Crippen LogP contribution in [0.15, 0.2) is 41.6 Å². The molecule has 0 saturated carbocycles. The fourth-order valence-corrected chi connectivity index (χ4v) is 3.73. The Morgan fingerprint density at radius 2 is 1.90 bits per heavy atom. The fourth-order valence-electron chi connectivity index (χ4n) is 2.82. The van der Waals surface area contributed by atoms with Crippen molar-refractivity contribution in [1.29, 1.82) is 4.78 Å². The van der Waals surface area contributed by atoms with Gasteiger partial charge in [0.1, 0.15) is 17.7 Å². The molecule has 0 aliphatic heterocycles. The summed E-state index contributed by atoms with van der Waals surface area (Å²) in [5.41, 5.74) is 0.387. The summed E-state index contributed by atoms with van der Waals surface area (Å²) in [7, 11) is -3.17. The monoisotopic (exact) mass is 427 g/mol. The van der Waals surface area contributed by atoms with E-state index in [4.69, 9.17) is 4.78 Å². The maximum absolute atomic E-state index is 14.1. The van der Waals surface area contributed by atoms with Gasteiger partial charge in [0.25, 0.3) is 6.43 Å². The number of nitrogens with zero attached hydrogens (tertiary/aromatic N) is 2. The SMILES string of the molecule is Cc1[nH]c(C(Nc2ncc(F)cc2F)c2cccc(C(F)F)c2)nc1S(C)(=N)=O. The minimum absolute atomic E-state index is 0.00292. The van der Waals surface area contributed by atoms with Crippen LogP contribution in [-0.4, -0.2) is 25.4 Å². The largest absolute Gasteiger partial charge is 0.354 e. The Kier molecular flexibility index (Phi) is 5.60. The first-order valence-corrected chi connectivity index (χ1v) is 10.3. The molecule has 2 heterocycles. The topological polar surface area (TPSA) is 94.5 Å². The predicted molar refractivity (Wildman–Crippen MR) is 99.4 cm³/mol. The van der Waals surface area contributed by atoms with Gasteiger partial charge < -0.3 is 10.3 Å². The molecule has 0 radical (unpaired) electrons. The lowest BCUT2D eigenvalue weighted by Crippen LogP contribution is -2.16. The van der Waals surface area contributed by atoms with Crippen molar-refractivity contribution in [3.8, 4) is 0 Å². The summed E-state index contributed by atoms with van der Waals surface area (Å²) < 4.78 is 73.5. The predicted octanol–water partition coefficient (Wildman–Crippen LogP) is 4.57. The number of aromatic amines is 1. The lowest BCUT2D eigenvalue weighted by molar-refractivity contribution is 0.151. The van der Waals surface area contributed by atoms with Gasteiger partial charge in [-0.15, -0.1) is 0 Å². The Bertz CT molecular complexity index is 1150. The van der Waals surface area contributed by atoms with Crippen molar-refractivity contribution >= 4 is 15.5 Å². The van der Waals surface area contributed by atoms with Crippen molar-refractivity contribution in [2.45, 2.75) is 24.4 Å². The highest BCUT2D eigenvalue weighted by atomic mass is 32.2. The van der Waals surface area contributed by atoms with Crippen molar-refractivity contribution in [3.05, 3.63) is 70.8 Å². The minimum atomic E-state index is -3.17. The number of aryl methyl sites for hydroxylation is 1. The third-order valence-electron chi connectivity index (χ3n) is 4.09. The molecule has 0 aliphatic carbocycles. The number of halogens is 4. The number of alkyl halides is 2. The molecule has 11 heteroatoms. The number of hydrogen-bond donors (Lipinski definition) is 3. The molecular formula is C18H17F4N5OS. The van der Waals surface area contributed by atoms with Crippen LogP contribution in [0.25, 0.3) is 0 Å². The van der Waals surface area contributed by atoms with Gasteiger partial charge in [0.15, 0.2) is 16.7 Å². The maximum atomic E-state index is 14.1. The Hall–Kier alpha value is -2.95. The molecule has 0 aliphatic rings. The summed E-state index contributed by atoms with van der Waals surface area (Å²) >= 11 is 0. The van der Waals surface area contributed by atoms with Gasteiger partial charge in [-0.2, -0.15) is 0 Å². The van der Waals surface area contributed by atoms with Gasteiger partial charge >= 0.3 is 0 Å². The number of pyridine rings is 1. The zero-order valence-corrected chi connectivity index (χ0v) is 16.2. The Morgan fingerprint density at radius 3 is 2.48 bits per heavy atom. The van der Waals surface area contributed by atoms with Gasteiger partial charge in [-0.3, -0.25) is 0 Å². The second kappa shape index (κ2) is 7.82. The minimum Gasteiger partial charge on any atom is -0.354 e. The summed E-state index contributed by atoms with van der Waals surface area (Å²) in [5, 5.41) is 2.72. The highest BCUT2D eigenvalue weighted by Gasteiger charge is 2.24. The number of hydrogen-bond acceptors (Lipinski definition) is 5. The van der Waals surface area contributed by atoms with Gasteiger partial charge in [-0.25, -0.2) is 36.5 Å². The first-order chi connectivity index (χ1) is 13.6. The van der Waals surface area contributed by atoms with Gasteiger partial charge in [-0.05, 0) is 18.6 Å². The molecule has 3 rings (SSSR count). The van der Waals surface area contributed by atoms with Crippen LogP contribution >= 0.6 is 0 Å². The normalized spacial score (nSPS) is 14.6. The summed E-state index contributed by atoms with van der Waals surface area (Å²) in [6.07, 6.45) is -0.728. The van der Waals surface area contributed by atoms with Crippen LogP contribution in [0.2, 0.25) is 0 Å². The molecule has 0 bridgehead atoms. The van der Waals surface area contributed by atoms with Crippen LogP contribution < -0.4 is 5.32 Å². The quantitative estimate of drug-likeness (QED) is 0.503. The van der Waals surface area contributed by atoms with E-state index in [0.29, 0.717) is 17.3 Å². The van der Waals surface area contributed by atoms with Gasteiger partial charge in [0, 0.05) is 23.6 Å². The van der Waals surface area contributed by atoms with E-state index < -0.39 is 33.8 Å². The molecule has 154 valence electrons. The van der Waals surface area contributed by atoms with E-state index in [-0.39, 0.29) is 22.2 Å². The van der Waals surface area contributed by atoms with Crippen LogP contribution in [0.1, 0.15) is 35.1 Å². The number of benzene rings is 1. The molecule has 2 aromatic heterocycles. The molecule has 0 spiro atoms. The molecule has 0 fully saturated rings. The van der Waals surface area contributed by atoms with Crippen LogP contribution in [0.5, 0.6) is 0 Å². The number of rotatable bonds is 6. The van der Waals surface area contributed by atoms with Crippen molar-refractivity contribution < 1.29 is 21.8 Å². The second-order valence-electron chi connectivity index (χ2n) is 6.43. The Morgan fingerprint density at radius 1 is 1.21 bits per heavy atom. The number of H-pyrrole nitrogens is 1. The van der Waals surface area contributed by atoms with Crippen molar-refractivity contribution in [2.75, 3.05) is 11.6 Å². The third-order valence-corrected chi connectivity index (χ3v) is 5.22. The first kappa shape index (κ1) is 20.8. The van der Waals surface area contributed by atoms with Crippen LogP contribution in [0.4, 0.5) is 23.4 Å². The molecule has 2 atom stereocenters. The zero-order valence-electron chi connectivity index (χ0n) is 15.3. The smallest absolute Gasteiger partial charge is 0.263 e. The molecule has 3 N–H and O–H groups in total. The Balaban J connectivity index is 2.13. The number of imidazole rings is 1. The zero-order chi connectivity index (χ0) is 21.3. The number of nitrogens with one attached hydrogen (secondary N) is 3.